The molecule has 1 aromatic heterocycles. The predicted octanol–water partition coefficient (Wildman–Crippen LogP) is 1.17. The van der Waals surface area contributed by atoms with Gasteiger partial charge in [0, 0.05) is 32.7 Å². The molecule has 20 heavy (non-hydrogen) atoms. The van der Waals surface area contributed by atoms with Crippen LogP contribution < -0.4 is 5.32 Å². The van der Waals surface area contributed by atoms with Crippen LogP contribution >= 0.6 is 0 Å². The van der Waals surface area contributed by atoms with Gasteiger partial charge in [-0.1, -0.05) is 13.8 Å². The first-order chi connectivity index (χ1) is 9.63. The molecule has 1 aliphatic rings. The third kappa shape index (κ3) is 4.98. The summed E-state index contributed by atoms with van der Waals surface area (Å²) in [6.45, 7) is 10.2. The summed E-state index contributed by atoms with van der Waals surface area (Å²) in [7, 11) is 0. The Morgan fingerprint density at radius 2 is 2.00 bits per heavy atom. The third-order valence-corrected chi connectivity index (χ3v) is 3.50. The van der Waals surface area contributed by atoms with Crippen molar-refractivity contribution in [3.63, 3.8) is 0 Å². The third-order valence-electron chi connectivity index (χ3n) is 3.50. The molecule has 1 fully saturated rings. The van der Waals surface area contributed by atoms with E-state index < -0.39 is 0 Å². The molecule has 1 amide bonds. The lowest BCUT2D eigenvalue weighted by atomic mass is 10.2. The molecule has 1 aromatic rings. The second-order valence-electron chi connectivity index (χ2n) is 5.83. The van der Waals surface area contributed by atoms with E-state index >= 15 is 0 Å². The van der Waals surface area contributed by atoms with Crippen LogP contribution in [0.1, 0.15) is 19.6 Å². The van der Waals surface area contributed by atoms with Gasteiger partial charge in [0.1, 0.15) is 5.76 Å². The topological polar surface area (TPSA) is 48.7 Å². The summed E-state index contributed by atoms with van der Waals surface area (Å²) in [4.78, 5) is 16.4. The van der Waals surface area contributed by atoms with Crippen molar-refractivity contribution in [2.24, 2.45) is 5.92 Å². The van der Waals surface area contributed by atoms with Crippen molar-refractivity contribution in [2.75, 3.05) is 39.3 Å². The Bertz CT molecular complexity index is 395. The fraction of sp³-hybridized carbons (Fsp3) is 0.667. The number of carbonyl (C=O) groups is 1. The summed E-state index contributed by atoms with van der Waals surface area (Å²) < 4.78 is 5.36. The summed E-state index contributed by atoms with van der Waals surface area (Å²) in [5, 5.41) is 2.97. The molecule has 0 aliphatic carbocycles. The van der Waals surface area contributed by atoms with E-state index in [1.165, 1.54) is 0 Å². The lowest BCUT2D eigenvalue weighted by Crippen LogP contribution is -2.49. The molecule has 1 N–H and O–H groups in total. The van der Waals surface area contributed by atoms with E-state index in [9.17, 15) is 4.79 Å². The first kappa shape index (κ1) is 15.1. The second-order valence-corrected chi connectivity index (χ2v) is 5.83. The fourth-order valence-corrected chi connectivity index (χ4v) is 2.31. The van der Waals surface area contributed by atoms with Gasteiger partial charge in [-0.15, -0.1) is 0 Å². The van der Waals surface area contributed by atoms with Crippen LogP contribution in [0.5, 0.6) is 0 Å². The average Bonchev–Trinajstić information content (AvgIpc) is 2.92. The Morgan fingerprint density at radius 1 is 1.30 bits per heavy atom. The maximum Gasteiger partial charge on any atom is 0.234 e. The number of amides is 1. The largest absolute Gasteiger partial charge is 0.468 e. The number of piperazine rings is 1. The number of rotatable bonds is 6. The Morgan fingerprint density at radius 3 is 2.60 bits per heavy atom. The number of nitrogens with one attached hydrogen (secondary N) is 1. The zero-order valence-electron chi connectivity index (χ0n) is 12.5. The van der Waals surface area contributed by atoms with Gasteiger partial charge in [0.05, 0.1) is 19.4 Å². The summed E-state index contributed by atoms with van der Waals surface area (Å²) in [5.41, 5.74) is 0. The number of carbonyl (C=O) groups excluding carboxylic acids is 1. The van der Waals surface area contributed by atoms with E-state index in [0.29, 0.717) is 12.5 Å². The highest BCUT2D eigenvalue weighted by molar-refractivity contribution is 5.78. The monoisotopic (exact) mass is 279 g/mol. The van der Waals surface area contributed by atoms with Crippen molar-refractivity contribution in [1.29, 1.82) is 0 Å². The maximum absolute atomic E-state index is 11.8. The van der Waals surface area contributed by atoms with E-state index in [-0.39, 0.29) is 5.91 Å². The summed E-state index contributed by atoms with van der Waals surface area (Å²) in [6, 6.07) is 3.93. The van der Waals surface area contributed by atoms with E-state index in [1.54, 1.807) is 6.26 Å². The summed E-state index contributed by atoms with van der Waals surface area (Å²) >= 11 is 0. The van der Waals surface area contributed by atoms with Crippen molar-refractivity contribution >= 4 is 5.91 Å². The van der Waals surface area contributed by atoms with E-state index in [1.807, 2.05) is 12.1 Å². The van der Waals surface area contributed by atoms with Crippen LogP contribution in [0.4, 0.5) is 0 Å². The number of hydrogen-bond acceptors (Lipinski definition) is 4. The molecular weight excluding hydrogens is 254 g/mol. The van der Waals surface area contributed by atoms with Crippen molar-refractivity contribution < 1.29 is 9.21 Å². The highest BCUT2D eigenvalue weighted by Crippen LogP contribution is 2.08. The first-order valence-corrected chi connectivity index (χ1v) is 7.37. The van der Waals surface area contributed by atoms with Crippen molar-refractivity contribution in [1.82, 2.24) is 15.1 Å². The van der Waals surface area contributed by atoms with Crippen molar-refractivity contribution in [3.8, 4) is 0 Å². The molecule has 0 spiro atoms. The Balaban J connectivity index is 1.65. The minimum absolute atomic E-state index is 0.137. The minimum atomic E-state index is 0.137. The van der Waals surface area contributed by atoms with Crippen LogP contribution in [0.2, 0.25) is 0 Å². The number of hydrogen-bond donors (Lipinski definition) is 1. The molecule has 0 unspecified atom stereocenters. The SMILES string of the molecule is CC(C)CNC(=O)CN1CCN(Cc2ccco2)CC1. The zero-order valence-corrected chi connectivity index (χ0v) is 12.5. The quantitative estimate of drug-likeness (QED) is 0.849. The predicted molar refractivity (Wildman–Crippen MR) is 78.3 cm³/mol. The lowest BCUT2D eigenvalue weighted by molar-refractivity contribution is -0.122. The van der Waals surface area contributed by atoms with Crippen LogP contribution in [0, 0.1) is 5.92 Å². The molecule has 0 radical (unpaired) electrons. The molecule has 0 atom stereocenters. The van der Waals surface area contributed by atoms with Gasteiger partial charge in [-0.2, -0.15) is 0 Å². The van der Waals surface area contributed by atoms with Gasteiger partial charge in [0.15, 0.2) is 0 Å². The molecular formula is C15H25N3O2. The second kappa shape index (κ2) is 7.45. The van der Waals surface area contributed by atoms with Gasteiger partial charge in [-0.25, -0.2) is 0 Å². The lowest BCUT2D eigenvalue weighted by Gasteiger charge is -2.33. The first-order valence-electron chi connectivity index (χ1n) is 7.37. The maximum atomic E-state index is 11.8. The normalized spacial score (nSPS) is 17.6. The molecule has 2 rings (SSSR count). The molecule has 0 aromatic carbocycles. The number of furan rings is 1. The van der Waals surface area contributed by atoms with Gasteiger partial charge in [-0.05, 0) is 18.1 Å². The number of nitrogens with zero attached hydrogens (tertiary/aromatic N) is 2. The van der Waals surface area contributed by atoms with E-state index in [2.05, 4.69) is 29.0 Å². The molecule has 0 bridgehead atoms. The molecule has 0 saturated carbocycles. The smallest absolute Gasteiger partial charge is 0.234 e. The standard InChI is InChI=1S/C15H25N3O2/c1-13(2)10-16-15(19)12-18-7-5-17(6-8-18)11-14-4-3-9-20-14/h3-4,9,13H,5-8,10-12H2,1-2H3,(H,16,19). The van der Waals surface area contributed by atoms with Crippen molar-refractivity contribution in [3.05, 3.63) is 24.2 Å². The van der Waals surface area contributed by atoms with Gasteiger partial charge >= 0.3 is 0 Å². The van der Waals surface area contributed by atoms with Gasteiger partial charge in [0.25, 0.3) is 0 Å². The van der Waals surface area contributed by atoms with Crippen LogP contribution in [0.3, 0.4) is 0 Å². The van der Waals surface area contributed by atoms with Crippen LogP contribution in [0.15, 0.2) is 22.8 Å². The molecule has 5 nitrogen and oxygen atoms in total. The van der Waals surface area contributed by atoms with Gasteiger partial charge in [0.2, 0.25) is 5.91 Å². The Kier molecular flexibility index (Phi) is 5.61. The molecule has 112 valence electrons. The van der Waals surface area contributed by atoms with Crippen LogP contribution in [0.25, 0.3) is 0 Å². The molecule has 1 saturated heterocycles. The highest BCUT2D eigenvalue weighted by Gasteiger charge is 2.19. The van der Waals surface area contributed by atoms with Crippen LogP contribution in [-0.2, 0) is 11.3 Å². The molecule has 1 aliphatic heterocycles. The van der Waals surface area contributed by atoms with Crippen LogP contribution in [-0.4, -0.2) is 55.0 Å². The van der Waals surface area contributed by atoms with E-state index in [0.717, 1.165) is 45.0 Å². The molecule has 2 heterocycles. The Hall–Kier alpha value is -1.33. The molecule has 5 heteroatoms. The Labute approximate surface area is 120 Å². The summed E-state index contributed by atoms with van der Waals surface area (Å²) in [5.74, 6) is 1.65. The minimum Gasteiger partial charge on any atom is -0.468 e. The fourth-order valence-electron chi connectivity index (χ4n) is 2.31. The summed E-state index contributed by atoms with van der Waals surface area (Å²) in [6.07, 6.45) is 1.71. The van der Waals surface area contributed by atoms with E-state index in [4.69, 9.17) is 4.42 Å². The zero-order chi connectivity index (χ0) is 14.4. The van der Waals surface area contributed by atoms with Gasteiger partial charge < -0.3 is 9.73 Å². The van der Waals surface area contributed by atoms with Gasteiger partial charge in [-0.3, -0.25) is 14.6 Å². The van der Waals surface area contributed by atoms with Crippen molar-refractivity contribution in [2.45, 2.75) is 20.4 Å². The average molecular weight is 279 g/mol. The highest BCUT2D eigenvalue weighted by atomic mass is 16.3.